The zero-order valence-corrected chi connectivity index (χ0v) is 9.91. The van der Waals surface area contributed by atoms with E-state index in [0.717, 1.165) is 6.42 Å². The summed E-state index contributed by atoms with van der Waals surface area (Å²) in [5, 5.41) is 9.66. The predicted octanol–water partition coefficient (Wildman–Crippen LogP) is 1.81. The number of nitrogens with zero attached hydrogens (tertiary/aromatic N) is 1. The van der Waals surface area contributed by atoms with Crippen molar-refractivity contribution in [2.24, 2.45) is 5.41 Å². The van der Waals surface area contributed by atoms with E-state index in [2.05, 4.69) is 49.9 Å². The normalized spacial score (nSPS) is 28.6. The summed E-state index contributed by atoms with van der Waals surface area (Å²) in [6, 6.07) is 4.56. The van der Waals surface area contributed by atoms with Crippen LogP contribution in [0.25, 0.3) is 0 Å². The van der Waals surface area contributed by atoms with Gasteiger partial charge >= 0.3 is 0 Å². The van der Waals surface area contributed by atoms with Gasteiger partial charge in [0.1, 0.15) is 0 Å². The number of rotatable bonds is 2. The fourth-order valence-electron chi connectivity index (χ4n) is 2.15. The summed E-state index contributed by atoms with van der Waals surface area (Å²) < 4.78 is 2.11. The second-order valence-corrected chi connectivity index (χ2v) is 5.21. The van der Waals surface area contributed by atoms with Crippen LogP contribution in [0.5, 0.6) is 0 Å². The van der Waals surface area contributed by atoms with Crippen LogP contribution < -0.4 is 5.43 Å². The molecule has 1 aliphatic rings. The van der Waals surface area contributed by atoms with Gasteiger partial charge in [-0.1, -0.05) is 13.8 Å². The molecular weight excluding hydrogens is 188 g/mol. The highest BCUT2D eigenvalue weighted by Crippen LogP contribution is 2.41. The molecular formula is C12H20N2O. The first-order valence-corrected chi connectivity index (χ1v) is 5.52. The van der Waals surface area contributed by atoms with Gasteiger partial charge in [0.25, 0.3) is 0 Å². The highest BCUT2D eigenvalue weighted by atomic mass is 16.3. The Bertz CT molecular complexity index is 348. The standard InChI is InChI=1S/C12H20N2O/c1-8-5-6-9(2)14(8)13-10-7-11(15)12(10,3)4/h5-6,10-11,13,15H,7H2,1-4H3. The van der Waals surface area contributed by atoms with E-state index < -0.39 is 0 Å². The Balaban J connectivity index is 2.11. The minimum absolute atomic E-state index is 0.0247. The fourth-order valence-corrected chi connectivity index (χ4v) is 2.15. The van der Waals surface area contributed by atoms with Crippen LogP contribution in [0, 0.1) is 19.3 Å². The molecule has 0 aliphatic heterocycles. The summed E-state index contributed by atoms with van der Waals surface area (Å²) in [7, 11) is 0. The van der Waals surface area contributed by atoms with E-state index in [1.807, 2.05) is 0 Å². The highest BCUT2D eigenvalue weighted by molar-refractivity contribution is 5.18. The van der Waals surface area contributed by atoms with Crippen molar-refractivity contribution in [3.63, 3.8) is 0 Å². The second kappa shape index (κ2) is 3.27. The quantitative estimate of drug-likeness (QED) is 0.777. The Hall–Kier alpha value is -0.960. The largest absolute Gasteiger partial charge is 0.392 e. The highest BCUT2D eigenvalue weighted by Gasteiger charge is 2.47. The summed E-state index contributed by atoms with van der Waals surface area (Å²) in [5.74, 6) is 0. The van der Waals surface area contributed by atoms with Gasteiger partial charge in [-0.15, -0.1) is 0 Å². The van der Waals surface area contributed by atoms with Crippen molar-refractivity contribution >= 4 is 0 Å². The Morgan fingerprint density at radius 2 is 1.87 bits per heavy atom. The van der Waals surface area contributed by atoms with Crippen LogP contribution in [0.3, 0.4) is 0 Å². The molecule has 1 saturated carbocycles. The van der Waals surface area contributed by atoms with Crippen molar-refractivity contribution in [1.82, 2.24) is 4.68 Å². The topological polar surface area (TPSA) is 37.2 Å². The van der Waals surface area contributed by atoms with Crippen molar-refractivity contribution in [1.29, 1.82) is 0 Å². The SMILES string of the molecule is Cc1ccc(C)n1NC1CC(O)C1(C)C. The van der Waals surface area contributed by atoms with E-state index in [-0.39, 0.29) is 11.5 Å². The molecule has 84 valence electrons. The third kappa shape index (κ3) is 1.55. The summed E-state index contributed by atoms with van der Waals surface area (Å²) >= 11 is 0. The third-order valence-corrected chi connectivity index (χ3v) is 3.77. The zero-order chi connectivity index (χ0) is 11.2. The summed E-state index contributed by atoms with van der Waals surface area (Å²) in [4.78, 5) is 0. The molecule has 1 aromatic heterocycles. The molecule has 3 nitrogen and oxygen atoms in total. The molecule has 0 bridgehead atoms. The van der Waals surface area contributed by atoms with Gasteiger partial charge in [0, 0.05) is 16.8 Å². The molecule has 0 aromatic carbocycles. The number of aromatic nitrogens is 1. The first kappa shape index (κ1) is 10.6. The maximum Gasteiger partial charge on any atom is 0.0631 e. The van der Waals surface area contributed by atoms with Crippen LogP contribution in [0.4, 0.5) is 0 Å². The molecule has 1 fully saturated rings. The number of aryl methyl sites for hydroxylation is 2. The maximum absolute atomic E-state index is 9.66. The Morgan fingerprint density at radius 3 is 2.27 bits per heavy atom. The van der Waals surface area contributed by atoms with E-state index in [1.54, 1.807) is 0 Å². The van der Waals surface area contributed by atoms with Crippen molar-refractivity contribution in [3.05, 3.63) is 23.5 Å². The molecule has 0 amide bonds. The lowest BCUT2D eigenvalue weighted by atomic mass is 9.65. The lowest BCUT2D eigenvalue weighted by Gasteiger charge is -2.50. The summed E-state index contributed by atoms with van der Waals surface area (Å²) in [6.07, 6.45) is 0.663. The number of aliphatic hydroxyl groups excluding tert-OH is 1. The molecule has 15 heavy (non-hydrogen) atoms. The second-order valence-electron chi connectivity index (χ2n) is 5.21. The predicted molar refractivity (Wildman–Crippen MR) is 61.5 cm³/mol. The average Bonchev–Trinajstić information content (AvgIpc) is 2.48. The molecule has 2 N–H and O–H groups in total. The molecule has 0 radical (unpaired) electrons. The Labute approximate surface area is 91.1 Å². The van der Waals surface area contributed by atoms with Crippen LogP contribution in [-0.4, -0.2) is 21.9 Å². The molecule has 3 heteroatoms. The average molecular weight is 208 g/mol. The van der Waals surface area contributed by atoms with Crippen molar-refractivity contribution in [2.45, 2.75) is 46.3 Å². The van der Waals surface area contributed by atoms with Gasteiger partial charge in [0.2, 0.25) is 0 Å². The Kier molecular flexibility index (Phi) is 2.30. The van der Waals surface area contributed by atoms with Crippen molar-refractivity contribution in [2.75, 3.05) is 5.43 Å². The van der Waals surface area contributed by atoms with Gasteiger partial charge < -0.3 is 10.5 Å². The van der Waals surface area contributed by atoms with Crippen LogP contribution in [0.2, 0.25) is 0 Å². The lowest BCUT2D eigenvalue weighted by Crippen LogP contribution is -2.58. The maximum atomic E-state index is 9.66. The Morgan fingerprint density at radius 1 is 1.33 bits per heavy atom. The number of hydrogen-bond acceptors (Lipinski definition) is 2. The lowest BCUT2D eigenvalue weighted by molar-refractivity contribution is -0.0552. The molecule has 0 saturated heterocycles. The van der Waals surface area contributed by atoms with Crippen molar-refractivity contribution < 1.29 is 5.11 Å². The first-order chi connectivity index (χ1) is 6.93. The van der Waals surface area contributed by atoms with Crippen LogP contribution in [0.1, 0.15) is 31.7 Å². The van der Waals surface area contributed by atoms with Gasteiger partial charge in [-0.3, -0.25) is 4.68 Å². The molecule has 0 spiro atoms. The third-order valence-electron chi connectivity index (χ3n) is 3.77. The van der Waals surface area contributed by atoms with E-state index in [9.17, 15) is 5.11 Å². The molecule has 1 heterocycles. The minimum atomic E-state index is -0.175. The van der Waals surface area contributed by atoms with Gasteiger partial charge in [0.05, 0.1) is 12.1 Å². The van der Waals surface area contributed by atoms with E-state index in [0.29, 0.717) is 6.04 Å². The molecule has 2 atom stereocenters. The van der Waals surface area contributed by atoms with Gasteiger partial charge in [-0.05, 0) is 32.4 Å². The monoisotopic (exact) mass is 208 g/mol. The fraction of sp³-hybridized carbons (Fsp3) is 0.667. The first-order valence-electron chi connectivity index (χ1n) is 5.52. The molecule has 1 aromatic rings. The van der Waals surface area contributed by atoms with E-state index in [1.165, 1.54) is 11.4 Å². The summed E-state index contributed by atoms with van der Waals surface area (Å²) in [5.41, 5.74) is 5.87. The molecule has 2 unspecified atom stereocenters. The number of hydrogen-bond donors (Lipinski definition) is 2. The smallest absolute Gasteiger partial charge is 0.0631 e. The van der Waals surface area contributed by atoms with E-state index in [4.69, 9.17) is 0 Å². The van der Waals surface area contributed by atoms with Crippen LogP contribution >= 0.6 is 0 Å². The summed E-state index contributed by atoms with van der Waals surface area (Å²) in [6.45, 7) is 8.38. The van der Waals surface area contributed by atoms with Gasteiger partial charge in [-0.2, -0.15) is 0 Å². The van der Waals surface area contributed by atoms with Crippen molar-refractivity contribution in [3.8, 4) is 0 Å². The minimum Gasteiger partial charge on any atom is -0.392 e. The van der Waals surface area contributed by atoms with Crippen LogP contribution in [-0.2, 0) is 0 Å². The van der Waals surface area contributed by atoms with E-state index >= 15 is 0 Å². The number of nitrogens with one attached hydrogen (secondary N) is 1. The van der Waals surface area contributed by atoms with Gasteiger partial charge in [0.15, 0.2) is 0 Å². The van der Waals surface area contributed by atoms with Crippen LogP contribution in [0.15, 0.2) is 12.1 Å². The molecule has 1 aliphatic carbocycles. The number of aliphatic hydroxyl groups is 1. The van der Waals surface area contributed by atoms with Gasteiger partial charge in [-0.25, -0.2) is 0 Å². The molecule has 2 rings (SSSR count). The zero-order valence-electron chi connectivity index (χ0n) is 9.91.